The fourth-order valence-corrected chi connectivity index (χ4v) is 5.63. The molecule has 0 saturated heterocycles. The summed E-state index contributed by atoms with van der Waals surface area (Å²) in [5, 5.41) is 1.36. The summed E-state index contributed by atoms with van der Waals surface area (Å²) in [6.45, 7) is 0. The van der Waals surface area contributed by atoms with Crippen LogP contribution in [0, 0.1) is 5.92 Å². The number of ether oxygens (including phenoxy) is 1. The summed E-state index contributed by atoms with van der Waals surface area (Å²) in [5.74, 6) is 0.880. The molecule has 30 heavy (non-hydrogen) atoms. The standard InChI is InChI=1S/C21H15ClF3NO3S/c22-17-7-12(21(23,24)25)1-4-18(17)29-13-2-3-14-15(8-13)10-5-11(6-10)19(14)16-9-30(28)26-20(16)27/h1-4,7-11,19H,5-6H2,(H,26,27). The molecule has 4 aliphatic rings. The zero-order valence-corrected chi connectivity index (χ0v) is 16.9. The zero-order chi connectivity index (χ0) is 21.2. The Morgan fingerprint density at radius 2 is 1.87 bits per heavy atom. The molecule has 0 spiro atoms. The topological polar surface area (TPSA) is 55.4 Å². The lowest BCUT2D eigenvalue weighted by Gasteiger charge is -2.48. The van der Waals surface area contributed by atoms with Crippen LogP contribution in [0.4, 0.5) is 13.2 Å². The molecule has 6 rings (SSSR count). The van der Waals surface area contributed by atoms with E-state index in [0.29, 0.717) is 23.2 Å². The quantitative estimate of drug-likeness (QED) is 0.675. The number of carbonyl (C=O) groups is 1. The van der Waals surface area contributed by atoms with Crippen LogP contribution in [0.25, 0.3) is 0 Å². The van der Waals surface area contributed by atoms with Crippen molar-refractivity contribution in [1.29, 1.82) is 0 Å². The minimum absolute atomic E-state index is 0.111. The van der Waals surface area contributed by atoms with Gasteiger partial charge in [0, 0.05) is 16.9 Å². The van der Waals surface area contributed by atoms with Crippen molar-refractivity contribution < 1.29 is 26.9 Å². The lowest BCUT2D eigenvalue weighted by Crippen LogP contribution is -2.37. The molecule has 1 saturated carbocycles. The molecule has 9 heteroatoms. The molecule has 1 heterocycles. The second-order valence-corrected chi connectivity index (χ2v) is 9.19. The van der Waals surface area contributed by atoms with Crippen molar-refractivity contribution in [3.8, 4) is 11.5 Å². The first kappa shape index (κ1) is 19.6. The van der Waals surface area contributed by atoms with E-state index in [1.807, 2.05) is 12.1 Å². The van der Waals surface area contributed by atoms with E-state index in [1.54, 1.807) is 6.07 Å². The monoisotopic (exact) mass is 453 g/mol. The molecule has 2 aromatic carbocycles. The van der Waals surface area contributed by atoms with Crippen LogP contribution in [0.3, 0.4) is 0 Å². The van der Waals surface area contributed by atoms with Gasteiger partial charge in [-0.15, -0.1) is 0 Å². The van der Waals surface area contributed by atoms with Crippen LogP contribution in [0.2, 0.25) is 5.02 Å². The van der Waals surface area contributed by atoms with Gasteiger partial charge in [-0.25, -0.2) is 4.21 Å². The van der Waals surface area contributed by atoms with Gasteiger partial charge in [0.25, 0.3) is 5.91 Å². The van der Waals surface area contributed by atoms with Crippen molar-refractivity contribution in [1.82, 2.24) is 4.72 Å². The normalized spacial score (nSPS) is 27.1. The molecule has 2 bridgehead atoms. The van der Waals surface area contributed by atoms with Crippen molar-refractivity contribution in [2.45, 2.75) is 30.9 Å². The number of rotatable bonds is 3. The Hall–Kier alpha value is -2.32. The summed E-state index contributed by atoms with van der Waals surface area (Å²) in [6.07, 6.45) is -2.62. The summed E-state index contributed by atoms with van der Waals surface area (Å²) < 4.78 is 58.4. The van der Waals surface area contributed by atoms with Crippen LogP contribution in [0.5, 0.6) is 11.5 Å². The first-order valence-corrected chi connectivity index (χ1v) is 10.9. The van der Waals surface area contributed by atoms with Crippen LogP contribution < -0.4 is 9.46 Å². The van der Waals surface area contributed by atoms with E-state index in [1.165, 1.54) is 11.5 Å². The Balaban J connectivity index is 1.45. The summed E-state index contributed by atoms with van der Waals surface area (Å²) in [5.41, 5.74) is 1.76. The summed E-state index contributed by atoms with van der Waals surface area (Å²) in [6, 6.07) is 8.43. The predicted molar refractivity (Wildman–Crippen MR) is 106 cm³/mol. The molecule has 1 amide bonds. The smallest absolute Gasteiger partial charge is 0.416 e. The highest BCUT2D eigenvalue weighted by Crippen LogP contribution is 2.59. The molecule has 0 aromatic heterocycles. The molecular weight excluding hydrogens is 439 g/mol. The average molecular weight is 454 g/mol. The number of amides is 1. The Morgan fingerprint density at radius 3 is 2.50 bits per heavy atom. The van der Waals surface area contributed by atoms with Gasteiger partial charge >= 0.3 is 6.18 Å². The molecule has 2 aromatic rings. The van der Waals surface area contributed by atoms with Crippen molar-refractivity contribution in [3.63, 3.8) is 0 Å². The van der Waals surface area contributed by atoms with E-state index in [4.69, 9.17) is 16.3 Å². The van der Waals surface area contributed by atoms with Gasteiger partial charge in [0.1, 0.15) is 22.5 Å². The lowest BCUT2D eigenvalue weighted by molar-refractivity contribution is -0.137. The van der Waals surface area contributed by atoms with Crippen molar-refractivity contribution in [3.05, 3.63) is 69.1 Å². The van der Waals surface area contributed by atoms with Gasteiger partial charge in [0.2, 0.25) is 0 Å². The highest BCUT2D eigenvalue weighted by atomic mass is 35.5. The first-order chi connectivity index (χ1) is 14.2. The number of halogens is 4. The van der Waals surface area contributed by atoms with E-state index >= 15 is 0 Å². The Morgan fingerprint density at radius 1 is 1.10 bits per heavy atom. The second-order valence-electron chi connectivity index (χ2n) is 7.74. The van der Waals surface area contributed by atoms with Gasteiger partial charge in [-0.05, 0) is 66.1 Å². The van der Waals surface area contributed by atoms with E-state index in [0.717, 1.165) is 36.1 Å². The molecule has 0 radical (unpaired) electrons. The van der Waals surface area contributed by atoms with E-state index in [-0.39, 0.29) is 22.6 Å². The SMILES string of the molecule is O=C1NS(=O)C=C1C1c2ccc(Oc3ccc(C(F)(F)F)cc3Cl)cc2C2CC1C2. The molecule has 156 valence electrons. The van der Waals surface area contributed by atoms with Crippen molar-refractivity contribution >= 4 is 28.5 Å². The zero-order valence-electron chi connectivity index (χ0n) is 15.3. The molecular formula is C21H15ClF3NO3S. The number of alkyl halides is 3. The molecule has 4 nitrogen and oxygen atoms in total. The summed E-state index contributed by atoms with van der Waals surface area (Å²) >= 11 is 6.00. The van der Waals surface area contributed by atoms with Crippen LogP contribution in [-0.2, 0) is 22.0 Å². The van der Waals surface area contributed by atoms with Crippen LogP contribution in [-0.4, -0.2) is 10.1 Å². The van der Waals surface area contributed by atoms with E-state index in [9.17, 15) is 22.2 Å². The first-order valence-electron chi connectivity index (χ1n) is 9.32. The largest absolute Gasteiger partial charge is 0.456 e. The van der Waals surface area contributed by atoms with Gasteiger partial charge in [-0.1, -0.05) is 17.7 Å². The van der Waals surface area contributed by atoms with Gasteiger partial charge in [0.15, 0.2) is 0 Å². The summed E-state index contributed by atoms with van der Waals surface area (Å²) in [7, 11) is -1.48. The summed E-state index contributed by atoms with van der Waals surface area (Å²) in [4.78, 5) is 12.2. The van der Waals surface area contributed by atoms with Gasteiger partial charge < -0.3 is 4.74 Å². The number of hydrogen-bond acceptors (Lipinski definition) is 3. The third kappa shape index (κ3) is 3.22. The van der Waals surface area contributed by atoms with Crippen LogP contribution >= 0.6 is 11.6 Å². The molecule has 1 N–H and O–H groups in total. The Kier molecular flexibility index (Phi) is 4.48. The maximum atomic E-state index is 12.8. The predicted octanol–water partition coefficient (Wildman–Crippen LogP) is 5.42. The van der Waals surface area contributed by atoms with Crippen LogP contribution in [0.15, 0.2) is 47.4 Å². The maximum absolute atomic E-state index is 12.8. The Labute approximate surface area is 177 Å². The third-order valence-corrected chi connectivity index (χ3v) is 7.14. The fraction of sp³-hybridized carbons (Fsp3) is 0.286. The van der Waals surface area contributed by atoms with Crippen LogP contribution in [0.1, 0.15) is 41.4 Å². The average Bonchev–Trinajstić information content (AvgIpc) is 2.98. The lowest BCUT2D eigenvalue weighted by atomic mass is 9.56. The molecule has 3 aliphatic carbocycles. The Bertz CT molecular complexity index is 1120. The number of nitrogens with one attached hydrogen (secondary N) is 1. The minimum Gasteiger partial charge on any atom is -0.456 e. The van der Waals surface area contributed by atoms with Gasteiger partial charge in [-0.2, -0.15) is 13.2 Å². The van der Waals surface area contributed by atoms with Gasteiger partial charge in [-0.3, -0.25) is 9.52 Å². The molecule has 1 fully saturated rings. The van der Waals surface area contributed by atoms with Crippen molar-refractivity contribution in [2.24, 2.45) is 5.92 Å². The third-order valence-electron chi connectivity index (χ3n) is 5.99. The van der Waals surface area contributed by atoms with E-state index in [2.05, 4.69) is 4.72 Å². The van der Waals surface area contributed by atoms with Gasteiger partial charge in [0.05, 0.1) is 10.6 Å². The number of benzene rings is 2. The second kappa shape index (κ2) is 6.85. The molecule has 2 unspecified atom stereocenters. The number of carbonyl (C=O) groups excluding carboxylic acids is 1. The van der Waals surface area contributed by atoms with E-state index < -0.39 is 22.7 Å². The minimum atomic E-state index is -4.48. The van der Waals surface area contributed by atoms with Crippen molar-refractivity contribution in [2.75, 3.05) is 0 Å². The highest BCUT2D eigenvalue weighted by Gasteiger charge is 2.47. The fourth-order valence-electron chi connectivity index (χ4n) is 4.57. The molecule has 2 atom stereocenters. The highest BCUT2D eigenvalue weighted by molar-refractivity contribution is 7.87. The maximum Gasteiger partial charge on any atom is 0.416 e. The number of hydrogen-bond donors (Lipinski definition) is 1. The molecule has 1 aliphatic heterocycles.